The van der Waals surface area contributed by atoms with Crippen LogP contribution in [0.5, 0.6) is 0 Å². The minimum absolute atomic E-state index is 0.273. The van der Waals surface area contributed by atoms with Crippen molar-refractivity contribution in [3.63, 3.8) is 0 Å². The molecule has 0 atom stereocenters. The van der Waals surface area contributed by atoms with Gasteiger partial charge in [0, 0.05) is 0 Å². The maximum absolute atomic E-state index is 10.5. The number of rotatable bonds is 0. The SMILES string of the molecule is C[C](C)(C)[Bi+][C](C)(C)C.[O-]CC(F)(F)F. The zero-order valence-electron chi connectivity index (χ0n) is 10.2. The minimum atomic E-state index is -4.51. The Bertz CT molecular complexity index is 153. The molecule has 2 radical (unpaired) electrons. The smallest absolute Gasteiger partial charge is 0.374 e. The molecule has 0 N–H and O–H groups in total. The summed E-state index contributed by atoms with van der Waals surface area (Å²) < 4.78 is 32.7. The average molecular weight is 422 g/mol. The monoisotopic (exact) mass is 422 g/mol. The Labute approximate surface area is 102 Å². The average Bonchev–Trinajstić information content (AvgIpc) is 1.78. The van der Waals surface area contributed by atoms with Crippen molar-refractivity contribution in [3.8, 4) is 0 Å². The van der Waals surface area contributed by atoms with Gasteiger partial charge in [-0.1, -0.05) is 0 Å². The Morgan fingerprint density at radius 1 is 0.867 bits per heavy atom. The third kappa shape index (κ3) is 25.2. The third-order valence-electron chi connectivity index (χ3n) is 0.834. The zero-order chi connectivity index (χ0) is 12.9. The van der Waals surface area contributed by atoms with E-state index in [0.717, 1.165) is 0 Å². The van der Waals surface area contributed by atoms with Crippen molar-refractivity contribution in [3.05, 3.63) is 0 Å². The second-order valence-corrected chi connectivity index (χ2v) is 16.5. The Balaban J connectivity index is 0. The molecule has 15 heavy (non-hydrogen) atoms. The molecule has 0 aromatic heterocycles. The van der Waals surface area contributed by atoms with Crippen molar-refractivity contribution >= 4 is 23.2 Å². The predicted molar refractivity (Wildman–Crippen MR) is 56.1 cm³/mol. The third-order valence-corrected chi connectivity index (χ3v) is 6.05. The van der Waals surface area contributed by atoms with Crippen molar-refractivity contribution in [2.45, 2.75) is 54.0 Å². The fourth-order valence-corrected chi connectivity index (χ4v) is 8.83. The van der Waals surface area contributed by atoms with E-state index in [9.17, 15) is 13.2 Å². The molecule has 0 bridgehead atoms. The molecular weight excluding hydrogens is 402 g/mol. The number of alkyl halides is 3. The van der Waals surface area contributed by atoms with Gasteiger partial charge < -0.3 is 5.11 Å². The molecule has 0 aliphatic carbocycles. The van der Waals surface area contributed by atoms with E-state index in [0.29, 0.717) is 6.25 Å². The first-order valence-electron chi connectivity index (χ1n) is 4.66. The maximum Gasteiger partial charge on any atom is 0.374 e. The van der Waals surface area contributed by atoms with Crippen LogP contribution < -0.4 is 5.11 Å². The van der Waals surface area contributed by atoms with Gasteiger partial charge in [0.15, 0.2) is 0 Å². The van der Waals surface area contributed by atoms with Gasteiger partial charge in [0.1, 0.15) is 0 Å². The van der Waals surface area contributed by atoms with E-state index in [1.165, 1.54) is 0 Å². The van der Waals surface area contributed by atoms with Gasteiger partial charge in [-0.15, -0.1) is 0 Å². The Kier molecular flexibility index (Phi) is 7.67. The van der Waals surface area contributed by atoms with Crippen LogP contribution in [0.15, 0.2) is 0 Å². The van der Waals surface area contributed by atoms with Crippen LogP contribution in [0.3, 0.4) is 0 Å². The Morgan fingerprint density at radius 3 is 1.07 bits per heavy atom. The second kappa shape index (κ2) is 6.39. The van der Waals surface area contributed by atoms with E-state index < -0.39 is 12.8 Å². The molecule has 0 unspecified atom stereocenters. The van der Waals surface area contributed by atoms with Crippen molar-refractivity contribution in [1.82, 2.24) is 0 Å². The molecule has 5 heteroatoms. The van der Waals surface area contributed by atoms with Gasteiger partial charge in [-0.2, -0.15) is 13.2 Å². The second-order valence-electron chi connectivity index (χ2n) is 5.21. The van der Waals surface area contributed by atoms with Gasteiger partial charge in [0.25, 0.3) is 0 Å². The molecule has 0 aliphatic heterocycles. The van der Waals surface area contributed by atoms with E-state index in [1.807, 2.05) is 0 Å². The predicted octanol–water partition coefficient (Wildman–Crippen LogP) is 3.04. The summed E-state index contributed by atoms with van der Waals surface area (Å²) in [6.07, 6.45) is -4.51. The first kappa shape index (κ1) is 18.0. The maximum atomic E-state index is 10.5. The summed E-state index contributed by atoms with van der Waals surface area (Å²) in [5, 5.41) is 8.83. The van der Waals surface area contributed by atoms with E-state index >= 15 is 0 Å². The molecule has 0 amide bonds. The van der Waals surface area contributed by atoms with Crippen LogP contribution in [0.1, 0.15) is 41.5 Å². The van der Waals surface area contributed by atoms with Gasteiger partial charge in [0.05, 0.1) is 0 Å². The fraction of sp³-hybridized carbons (Fsp3) is 1.00. The number of halogens is 3. The first-order valence-corrected chi connectivity index (χ1v) is 8.13. The Hall–Kier alpha value is 0.633. The normalized spacial score (nSPS) is 13.2. The van der Waals surface area contributed by atoms with Gasteiger partial charge in [-0.05, 0) is 6.61 Å². The quantitative estimate of drug-likeness (QED) is 0.551. The van der Waals surface area contributed by atoms with Crippen molar-refractivity contribution < 1.29 is 18.3 Å². The van der Waals surface area contributed by atoms with Gasteiger partial charge in [0.2, 0.25) is 0 Å². The van der Waals surface area contributed by atoms with Crippen LogP contribution >= 0.6 is 0 Å². The van der Waals surface area contributed by atoms with E-state index in [1.54, 1.807) is 0 Å². The van der Waals surface area contributed by atoms with Gasteiger partial charge in [-0.3, -0.25) is 0 Å². The standard InChI is InChI=1S/2C4H9.C2H2F3O.Bi/c2*1-4(2)3;3-2(4,5)1-6;/h2*1-3H3;1H2;/q;;-1;+1. The first-order chi connectivity index (χ1) is 6.27. The fourth-order valence-electron chi connectivity index (χ4n) is 1.01. The van der Waals surface area contributed by atoms with Crippen molar-refractivity contribution in [2.75, 3.05) is 6.61 Å². The summed E-state index contributed by atoms with van der Waals surface area (Å²) in [6, 6.07) is 0. The van der Waals surface area contributed by atoms with Crippen molar-refractivity contribution in [2.24, 2.45) is 0 Å². The van der Waals surface area contributed by atoms with Crippen LogP contribution in [0.2, 0.25) is 6.25 Å². The molecule has 0 aromatic carbocycles. The molecule has 1 nitrogen and oxygen atoms in total. The van der Waals surface area contributed by atoms with E-state index in [-0.39, 0.29) is 23.2 Å². The molecule has 0 aliphatic rings. The van der Waals surface area contributed by atoms with Crippen LogP contribution in [-0.2, 0) is 0 Å². The van der Waals surface area contributed by atoms with Gasteiger partial charge in [-0.25, -0.2) is 0 Å². The Morgan fingerprint density at radius 2 is 1.07 bits per heavy atom. The van der Waals surface area contributed by atoms with Gasteiger partial charge >= 0.3 is 77.2 Å². The molecule has 0 spiro atoms. The topological polar surface area (TPSA) is 23.1 Å². The molecule has 0 fully saturated rings. The summed E-state index contributed by atoms with van der Waals surface area (Å²) in [5.41, 5.74) is 0. The summed E-state index contributed by atoms with van der Waals surface area (Å²) in [6.45, 7) is 12.2. The minimum Gasteiger partial charge on any atom is -0.848 e. The summed E-state index contributed by atoms with van der Waals surface area (Å²) in [7, 11) is 0. The summed E-state index contributed by atoms with van der Waals surface area (Å²) in [5.74, 6) is 0. The van der Waals surface area contributed by atoms with Crippen molar-refractivity contribution in [1.29, 1.82) is 0 Å². The molecule has 0 rings (SSSR count). The zero-order valence-corrected chi connectivity index (χ0v) is 13.7. The van der Waals surface area contributed by atoms with Crippen LogP contribution in [-0.4, -0.2) is 36.0 Å². The molecule has 0 heterocycles. The molecule has 0 saturated carbocycles. The molecule has 92 valence electrons. The molecule has 0 aromatic rings. The number of hydrogen-bond donors (Lipinski definition) is 0. The largest absolute Gasteiger partial charge is 0.848 e. The van der Waals surface area contributed by atoms with Crippen LogP contribution in [0.25, 0.3) is 0 Å². The summed E-state index contributed by atoms with van der Waals surface area (Å²) >= 11 is -0.273. The molecule has 0 saturated heterocycles. The van der Waals surface area contributed by atoms with Crippen LogP contribution in [0.4, 0.5) is 13.2 Å². The summed E-state index contributed by atoms with van der Waals surface area (Å²) in [4.78, 5) is 0. The van der Waals surface area contributed by atoms with E-state index in [2.05, 4.69) is 41.5 Å². The number of hydrogen-bond acceptors (Lipinski definition) is 1. The van der Waals surface area contributed by atoms with Crippen LogP contribution in [0, 0.1) is 0 Å². The molecular formula is C10H20BiF3O. The van der Waals surface area contributed by atoms with E-state index in [4.69, 9.17) is 5.11 Å².